The van der Waals surface area contributed by atoms with Crippen LogP contribution in [0.2, 0.25) is 0 Å². The Labute approximate surface area is 312 Å². The van der Waals surface area contributed by atoms with Gasteiger partial charge in [0.05, 0.1) is 18.8 Å². The molecular formula is C41H65O10P. The summed E-state index contributed by atoms with van der Waals surface area (Å²) >= 11 is 0. The Balaban J connectivity index is 4.33. The number of phosphoric acid groups is 1. The molecular weight excluding hydrogens is 683 g/mol. The predicted molar refractivity (Wildman–Crippen MR) is 209 cm³/mol. The SMILES string of the molecule is CC/C=C\C/C=C\C/C=C\C/C=C\CCCCC(=O)O[C@H](COC(=O)CCC[C@H](O)[C@@H](O)C/C=C\C/C=C\C/C=C\C/C=C\CC)COP(=O)(O)O. The molecule has 4 N–H and O–H groups in total. The molecule has 294 valence electrons. The fraction of sp³-hybridized carbons (Fsp3) is 0.561. The number of allylic oxidation sites excluding steroid dienone is 15. The molecule has 3 atom stereocenters. The van der Waals surface area contributed by atoms with Crippen molar-refractivity contribution in [1.82, 2.24) is 0 Å². The largest absolute Gasteiger partial charge is 0.469 e. The second-order valence-corrected chi connectivity index (χ2v) is 13.3. The Hall–Kier alpha value is -3.11. The van der Waals surface area contributed by atoms with Gasteiger partial charge >= 0.3 is 19.8 Å². The van der Waals surface area contributed by atoms with Crippen molar-refractivity contribution in [1.29, 1.82) is 0 Å². The van der Waals surface area contributed by atoms with E-state index in [1.54, 1.807) is 0 Å². The Morgan fingerprint density at radius 1 is 0.577 bits per heavy atom. The summed E-state index contributed by atoms with van der Waals surface area (Å²) in [6.07, 6.45) is 40.3. The van der Waals surface area contributed by atoms with E-state index >= 15 is 0 Å². The van der Waals surface area contributed by atoms with Crippen LogP contribution in [0.15, 0.2) is 97.2 Å². The van der Waals surface area contributed by atoms with E-state index in [9.17, 15) is 24.4 Å². The maximum atomic E-state index is 12.4. The lowest BCUT2D eigenvalue weighted by Crippen LogP contribution is -2.29. The van der Waals surface area contributed by atoms with Gasteiger partial charge in [-0.15, -0.1) is 0 Å². The molecule has 11 heteroatoms. The lowest BCUT2D eigenvalue weighted by Gasteiger charge is -2.19. The molecule has 0 spiro atoms. The Bertz CT molecular complexity index is 1190. The van der Waals surface area contributed by atoms with E-state index in [1.165, 1.54) is 0 Å². The monoisotopic (exact) mass is 748 g/mol. The molecule has 0 aliphatic carbocycles. The van der Waals surface area contributed by atoms with Crippen LogP contribution in [0.5, 0.6) is 0 Å². The average molecular weight is 749 g/mol. The number of aliphatic hydroxyl groups is 2. The third-order valence-corrected chi connectivity index (χ3v) is 7.78. The first-order valence-corrected chi connectivity index (χ1v) is 20.2. The summed E-state index contributed by atoms with van der Waals surface area (Å²) in [6, 6.07) is 0. The Morgan fingerprint density at radius 3 is 1.54 bits per heavy atom. The maximum Gasteiger partial charge on any atom is 0.469 e. The van der Waals surface area contributed by atoms with Crippen LogP contribution >= 0.6 is 7.82 Å². The van der Waals surface area contributed by atoms with Gasteiger partial charge in [-0.25, -0.2) is 4.57 Å². The summed E-state index contributed by atoms with van der Waals surface area (Å²) in [4.78, 5) is 42.7. The minimum atomic E-state index is -4.84. The van der Waals surface area contributed by atoms with Crippen molar-refractivity contribution in [2.75, 3.05) is 13.2 Å². The highest BCUT2D eigenvalue weighted by Gasteiger charge is 2.23. The fourth-order valence-electron chi connectivity index (χ4n) is 4.45. The van der Waals surface area contributed by atoms with Gasteiger partial charge in [0.2, 0.25) is 0 Å². The molecule has 0 aromatic carbocycles. The van der Waals surface area contributed by atoms with Crippen molar-refractivity contribution >= 4 is 19.8 Å². The number of hydrogen-bond donors (Lipinski definition) is 4. The highest BCUT2D eigenvalue weighted by atomic mass is 31.2. The summed E-state index contributed by atoms with van der Waals surface area (Å²) in [6.45, 7) is 3.13. The molecule has 0 saturated carbocycles. The average Bonchev–Trinajstić information content (AvgIpc) is 3.11. The van der Waals surface area contributed by atoms with Crippen molar-refractivity contribution in [3.05, 3.63) is 97.2 Å². The standard InChI is InChI=1S/C41H65O10P/c1-3-5-7-9-11-13-15-17-18-19-21-23-25-27-29-33-41(45)51-37(36-50-52(46,47)48)35-49-40(44)34-30-32-39(43)38(42)31-28-26-24-22-20-16-14-12-10-8-6-4-2/h5-8,11-14,17-18,20-23,26,28,37-39,42-43H,3-4,9-10,15-16,19,24-25,27,29-36H2,1-2H3,(H2,46,47,48)/b7-5-,8-6-,13-11-,14-12-,18-17-,22-20-,23-21-,28-26-/t37-,38+,39+/m1/s1. The van der Waals surface area contributed by atoms with Gasteiger partial charge in [-0.3, -0.25) is 14.1 Å². The lowest BCUT2D eigenvalue weighted by molar-refractivity contribution is -0.161. The molecule has 0 aromatic rings. The smallest absolute Gasteiger partial charge is 0.462 e. The van der Waals surface area contributed by atoms with Gasteiger partial charge < -0.3 is 29.5 Å². The molecule has 0 amide bonds. The minimum Gasteiger partial charge on any atom is -0.462 e. The van der Waals surface area contributed by atoms with Gasteiger partial charge in [0.1, 0.15) is 6.61 Å². The lowest BCUT2D eigenvalue weighted by atomic mass is 10.0. The highest BCUT2D eigenvalue weighted by Crippen LogP contribution is 2.36. The van der Waals surface area contributed by atoms with Gasteiger partial charge in [-0.1, -0.05) is 111 Å². The number of unbranched alkanes of at least 4 members (excludes halogenated alkanes) is 2. The van der Waals surface area contributed by atoms with E-state index in [1.807, 2.05) is 18.2 Å². The van der Waals surface area contributed by atoms with Crippen molar-refractivity contribution in [2.24, 2.45) is 0 Å². The zero-order chi connectivity index (χ0) is 38.5. The molecule has 0 aliphatic heterocycles. The normalized spacial score (nSPS) is 14.8. The molecule has 0 heterocycles. The van der Waals surface area contributed by atoms with Crippen LogP contribution in [0.3, 0.4) is 0 Å². The number of esters is 2. The molecule has 52 heavy (non-hydrogen) atoms. The van der Waals surface area contributed by atoms with Crippen molar-refractivity contribution in [2.45, 2.75) is 135 Å². The van der Waals surface area contributed by atoms with Crippen LogP contribution in [0.4, 0.5) is 0 Å². The zero-order valence-corrected chi connectivity index (χ0v) is 32.3. The van der Waals surface area contributed by atoms with E-state index in [4.69, 9.17) is 19.3 Å². The van der Waals surface area contributed by atoms with Gasteiger partial charge in [0, 0.05) is 12.8 Å². The third kappa shape index (κ3) is 35.3. The molecule has 0 radical (unpaired) electrons. The second-order valence-electron chi connectivity index (χ2n) is 12.1. The number of carbonyl (C=O) groups excluding carboxylic acids is 2. The van der Waals surface area contributed by atoms with E-state index < -0.39 is 51.3 Å². The molecule has 10 nitrogen and oxygen atoms in total. The molecule has 0 saturated heterocycles. The van der Waals surface area contributed by atoms with Crippen LogP contribution < -0.4 is 0 Å². The summed E-state index contributed by atoms with van der Waals surface area (Å²) in [5.74, 6) is -1.23. The van der Waals surface area contributed by atoms with Gasteiger partial charge in [-0.2, -0.15) is 0 Å². The van der Waals surface area contributed by atoms with E-state index in [2.05, 4.69) is 97.4 Å². The zero-order valence-electron chi connectivity index (χ0n) is 31.4. The quantitative estimate of drug-likeness (QED) is 0.0226. The van der Waals surface area contributed by atoms with E-state index in [0.29, 0.717) is 6.42 Å². The van der Waals surface area contributed by atoms with Crippen molar-refractivity contribution < 1.29 is 48.2 Å². The topological polar surface area (TPSA) is 160 Å². The molecule has 0 rings (SSSR count). The Kier molecular flexibility index (Phi) is 32.9. The van der Waals surface area contributed by atoms with E-state index in [0.717, 1.165) is 64.2 Å². The maximum absolute atomic E-state index is 12.4. The number of aliphatic hydroxyl groups excluding tert-OH is 2. The predicted octanol–water partition coefficient (Wildman–Crippen LogP) is 9.00. The number of ether oxygens (including phenoxy) is 2. The van der Waals surface area contributed by atoms with Crippen molar-refractivity contribution in [3.63, 3.8) is 0 Å². The summed E-state index contributed by atoms with van der Waals surface area (Å²) in [5, 5.41) is 20.5. The second kappa shape index (κ2) is 34.9. The van der Waals surface area contributed by atoms with Crippen LogP contribution in [-0.4, -0.2) is 63.5 Å². The highest BCUT2D eigenvalue weighted by molar-refractivity contribution is 7.46. The number of phosphoric ester groups is 1. The van der Waals surface area contributed by atoms with Crippen molar-refractivity contribution in [3.8, 4) is 0 Å². The van der Waals surface area contributed by atoms with Crippen LogP contribution in [0, 0.1) is 0 Å². The third-order valence-electron chi connectivity index (χ3n) is 7.30. The number of rotatable bonds is 32. The Morgan fingerprint density at radius 2 is 1.04 bits per heavy atom. The first-order valence-electron chi connectivity index (χ1n) is 18.7. The first kappa shape index (κ1) is 48.9. The number of carbonyl (C=O) groups is 2. The molecule has 0 bridgehead atoms. The van der Waals surface area contributed by atoms with Gasteiger partial charge in [0.25, 0.3) is 0 Å². The van der Waals surface area contributed by atoms with Gasteiger partial charge in [0.15, 0.2) is 6.10 Å². The first-order chi connectivity index (χ1) is 25.1. The van der Waals surface area contributed by atoms with Crippen LogP contribution in [0.25, 0.3) is 0 Å². The van der Waals surface area contributed by atoms with E-state index in [-0.39, 0.29) is 32.1 Å². The summed E-state index contributed by atoms with van der Waals surface area (Å²) < 4.78 is 26.1. The molecule has 0 unspecified atom stereocenters. The summed E-state index contributed by atoms with van der Waals surface area (Å²) in [7, 11) is -4.84. The summed E-state index contributed by atoms with van der Waals surface area (Å²) in [5.41, 5.74) is 0. The molecule has 0 fully saturated rings. The molecule has 0 aliphatic rings. The van der Waals surface area contributed by atoms with Gasteiger partial charge in [-0.05, 0) is 89.9 Å². The van der Waals surface area contributed by atoms with Crippen LogP contribution in [0.1, 0.15) is 117 Å². The number of hydrogen-bond acceptors (Lipinski definition) is 8. The van der Waals surface area contributed by atoms with Crippen LogP contribution in [-0.2, 0) is 28.2 Å². The fourth-order valence-corrected chi connectivity index (χ4v) is 4.81. The molecule has 0 aromatic heterocycles. The minimum absolute atomic E-state index is 0.0644.